The molecule has 134 valence electrons. The molecule has 0 aromatic rings. The van der Waals surface area contributed by atoms with E-state index in [9.17, 15) is 21.6 Å². The molecule has 2 unspecified atom stereocenters. The molecule has 0 bridgehead atoms. The van der Waals surface area contributed by atoms with Crippen LogP contribution in [-0.4, -0.2) is 37.2 Å². The summed E-state index contributed by atoms with van der Waals surface area (Å²) in [6.45, 7) is 1.20. The van der Waals surface area contributed by atoms with Crippen molar-refractivity contribution in [3.63, 3.8) is 0 Å². The summed E-state index contributed by atoms with van der Waals surface area (Å²) in [5.74, 6) is -1.69. The fraction of sp³-hybridized carbons (Fsp3) is 0.929. The maximum Gasteiger partial charge on any atom is 0.314 e. The molecule has 2 saturated carbocycles. The van der Waals surface area contributed by atoms with Gasteiger partial charge in [0.05, 0.1) is 11.2 Å². The fourth-order valence-electron chi connectivity index (χ4n) is 4.13. The van der Waals surface area contributed by atoms with E-state index >= 15 is 0 Å². The van der Waals surface area contributed by atoms with Gasteiger partial charge in [-0.25, -0.2) is 13.7 Å². The number of rotatable bonds is 5. The molecule has 2 atom stereocenters. The molecule has 0 heterocycles. The van der Waals surface area contributed by atoms with Crippen molar-refractivity contribution < 1.29 is 31.2 Å². The highest BCUT2D eigenvalue weighted by Gasteiger charge is 2.64. The summed E-state index contributed by atoms with van der Waals surface area (Å²) in [4.78, 5) is 12.0. The van der Waals surface area contributed by atoms with Crippen molar-refractivity contribution in [1.29, 1.82) is 0 Å². The first-order valence-corrected chi connectivity index (χ1v) is 11.0. The monoisotopic (exact) mass is 368 g/mol. The van der Waals surface area contributed by atoms with Crippen molar-refractivity contribution in [3.8, 4) is 0 Å². The average Bonchev–Trinajstić information content (AvgIpc) is 2.55. The Hall–Kier alpha value is -0.510. The quantitative estimate of drug-likeness (QED) is 0.583. The van der Waals surface area contributed by atoms with E-state index in [1.165, 1.54) is 6.92 Å². The molecule has 0 radical (unpaired) electrons. The maximum atomic E-state index is 13.3. The van der Waals surface area contributed by atoms with Crippen LogP contribution in [0.1, 0.15) is 64.7 Å². The number of ketones is 1. The molecular formula is C14H24O7S2. The van der Waals surface area contributed by atoms with Gasteiger partial charge in [-0.05, 0) is 32.6 Å². The van der Waals surface area contributed by atoms with Gasteiger partial charge in [-0.1, -0.05) is 32.1 Å². The van der Waals surface area contributed by atoms with Gasteiger partial charge in [-0.2, -0.15) is 8.42 Å². The number of Topliss-reactive ketones (excluding diaryl/α,β-unsaturated/α-hetero) is 1. The first-order chi connectivity index (χ1) is 10.7. The van der Waals surface area contributed by atoms with E-state index in [2.05, 4.69) is 4.33 Å². The zero-order valence-electron chi connectivity index (χ0n) is 13.2. The maximum absolute atomic E-state index is 13.3. The summed E-state index contributed by atoms with van der Waals surface area (Å²) in [6.07, 6.45) is 4.01. The van der Waals surface area contributed by atoms with Crippen LogP contribution in [0, 0.1) is 5.92 Å². The molecule has 0 aliphatic heterocycles. The largest absolute Gasteiger partial charge is 0.314 e. The Balaban J connectivity index is 2.64. The summed E-state index contributed by atoms with van der Waals surface area (Å²) >= 11 is 0. The third kappa shape index (κ3) is 2.96. The molecule has 23 heavy (non-hydrogen) atoms. The minimum absolute atomic E-state index is 0.171. The summed E-state index contributed by atoms with van der Waals surface area (Å²) in [5, 5.41) is 8.10. The molecule has 2 rings (SSSR count). The fourth-order valence-corrected chi connectivity index (χ4v) is 9.55. The van der Waals surface area contributed by atoms with E-state index in [1.807, 2.05) is 0 Å². The second-order valence-corrected chi connectivity index (χ2v) is 11.1. The molecule has 1 N–H and O–H groups in total. The lowest BCUT2D eigenvalue weighted by Gasteiger charge is -2.42. The van der Waals surface area contributed by atoms with Crippen molar-refractivity contribution in [2.24, 2.45) is 5.92 Å². The van der Waals surface area contributed by atoms with Gasteiger partial charge in [-0.15, -0.1) is 4.33 Å². The van der Waals surface area contributed by atoms with Crippen LogP contribution < -0.4 is 0 Å². The smallest absolute Gasteiger partial charge is 0.300 e. The number of sulfone groups is 1. The van der Waals surface area contributed by atoms with Gasteiger partial charge in [0.2, 0.25) is 4.08 Å². The van der Waals surface area contributed by atoms with Gasteiger partial charge in [0, 0.05) is 0 Å². The Morgan fingerprint density at radius 1 is 1.00 bits per heavy atom. The van der Waals surface area contributed by atoms with Crippen LogP contribution in [0.5, 0.6) is 0 Å². The molecule has 7 nitrogen and oxygen atoms in total. The van der Waals surface area contributed by atoms with Gasteiger partial charge in [-0.3, -0.25) is 4.79 Å². The molecule has 2 aliphatic carbocycles. The standard InChI is InChI=1S/C14H24O7S2/c1-11(15)13-9-5-6-10-14(13,23(19,20)21-16)22(17,18)12-7-3-2-4-8-12/h12-13,16H,2-10H2,1H3. The van der Waals surface area contributed by atoms with Crippen LogP contribution in [0.15, 0.2) is 0 Å². The highest BCUT2D eigenvalue weighted by Crippen LogP contribution is 2.48. The van der Waals surface area contributed by atoms with Gasteiger partial charge >= 0.3 is 10.1 Å². The topological polar surface area (TPSA) is 115 Å². The van der Waals surface area contributed by atoms with Crippen molar-refractivity contribution in [3.05, 3.63) is 0 Å². The van der Waals surface area contributed by atoms with Crippen molar-refractivity contribution >= 4 is 25.7 Å². The zero-order chi connectivity index (χ0) is 17.3. The van der Waals surface area contributed by atoms with Gasteiger partial charge in [0.1, 0.15) is 5.78 Å². The molecule has 0 aromatic carbocycles. The minimum Gasteiger partial charge on any atom is -0.300 e. The second kappa shape index (κ2) is 6.78. The number of hydrogen-bond acceptors (Lipinski definition) is 7. The van der Waals surface area contributed by atoms with Crippen molar-refractivity contribution in [2.45, 2.75) is 74.0 Å². The van der Waals surface area contributed by atoms with Crippen LogP contribution in [0.3, 0.4) is 0 Å². The molecule has 2 fully saturated rings. The van der Waals surface area contributed by atoms with Crippen LogP contribution >= 0.6 is 0 Å². The van der Waals surface area contributed by atoms with Gasteiger partial charge in [0.25, 0.3) is 0 Å². The van der Waals surface area contributed by atoms with Gasteiger partial charge in [0.15, 0.2) is 9.84 Å². The Labute approximate surface area is 137 Å². The predicted octanol–water partition coefficient (Wildman–Crippen LogP) is 2.03. The van der Waals surface area contributed by atoms with E-state index < -0.39 is 41.0 Å². The molecule has 0 amide bonds. The first kappa shape index (κ1) is 18.8. The lowest BCUT2D eigenvalue weighted by molar-refractivity contribution is -0.135. The molecule has 0 aromatic heterocycles. The van der Waals surface area contributed by atoms with E-state index in [4.69, 9.17) is 5.26 Å². The van der Waals surface area contributed by atoms with E-state index in [-0.39, 0.29) is 12.8 Å². The van der Waals surface area contributed by atoms with Crippen LogP contribution in [0.25, 0.3) is 0 Å². The summed E-state index contributed by atoms with van der Waals surface area (Å²) in [7, 11) is -9.04. The van der Waals surface area contributed by atoms with Crippen LogP contribution in [0.4, 0.5) is 0 Å². The number of carbonyl (C=O) groups is 1. The Kier molecular flexibility index (Phi) is 5.55. The summed E-state index contributed by atoms with van der Waals surface area (Å²) < 4.78 is 52.8. The Morgan fingerprint density at radius 2 is 1.57 bits per heavy atom. The molecule has 0 spiro atoms. The van der Waals surface area contributed by atoms with Gasteiger partial charge < -0.3 is 0 Å². The van der Waals surface area contributed by atoms with Crippen LogP contribution in [0.2, 0.25) is 0 Å². The average molecular weight is 368 g/mol. The predicted molar refractivity (Wildman–Crippen MR) is 83.8 cm³/mol. The molecule has 0 saturated heterocycles. The first-order valence-electron chi connectivity index (χ1n) is 8.02. The van der Waals surface area contributed by atoms with Crippen LogP contribution in [-0.2, 0) is 29.1 Å². The molecular weight excluding hydrogens is 344 g/mol. The lowest BCUT2D eigenvalue weighted by atomic mass is 9.85. The third-order valence-corrected chi connectivity index (χ3v) is 10.9. The lowest BCUT2D eigenvalue weighted by Crippen LogP contribution is -2.59. The van der Waals surface area contributed by atoms with E-state index in [1.54, 1.807) is 0 Å². The highest BCUT2D eigenvalue weighted by molar-refractivity contribution is 8.08. The summed E-state index contributed by atoms with van der Waals surface area (Å²) in [5.41, 5.74) is 0. The number of carbonyl (C=O) groups excluding carboxylic acids is 1. The summed E-state index contributed by atoms with van der Waals surface area (Å²) in [6, 6.07) is 0. The van der Waals surface area contributed by atoms with E-state index in [0.29, 0.717) is 38.5 Å². The number of hydrogen-bond donors (Lipinski definition) is 1. The third-order valence-electron chi connectivity index (χ3n) is 5.28. The van der Waals surface area contributed by atoms with E-state index in [0.717, 1.165) is 6.42 Å². The second-order valence-electron chi connectivity index (χ2n) is 6.55. The normalized spacial score (nSPS) is 31.0. The Morgan fingerprint density at radius 3 is 2.09 bits per heavy atom. The van der Waals surface area contributed by atoms with Crippen molar-refractivity contribution in [2.75, 3.05) is 0 Å². The minimum atomic E-state index is -4.84. The highest BCUT2D eigenvalue weighted by atomic mass is 32.3. The molecule has 2 aliphatic rings. The van der Waals surface area contributed by atoms with Crippen molar-refractivity contribution in [1.82, 2.24) is 0 Å². The SMILES string of the molecule is CC(=O)C1CCCCC1(S(=O)(=O)OO)S(=O)(=O)C1CCCCC1. The molecule has 9 heteroatoms. The zero-order valence-corrected chi connectivity index (χ0v) is 14.9. The Bertz CT molecular complexity index is 647.